The molecule has 5 heteroatoms. The van der Waals surface area contributed by atoms with Crippen LogP contribution >= 0.6 is 23.1 Å². The van der Waals surface area contributed by atoms with Crippen molar-refractivity contribution in [3.63, 3.8) is 0 Å². The summed E-state index contributed by atoms with van der Waals surface area (Å²) in [4.78, 5) is 0. The second-order valence-corrected chi connectivity index (χ2v) is 5.15. The maximum atomic E-state index is 4.13. The molecule has 1 aromatic rings. The summed E-state index contributed by atoms with van der Waals surface area (Å²) in [6.45, 7) is 5.32. The average molecular weight is 231 g/mol. The van der Waals surface area contributed by atoms with Gasteiger partial charge >= 0.3 is 0 Å². The Hall–Kier alpha value is -0.290. The molecule has 0 bridgehead atoms. The van der Waals surface area contributed by atoms with Crippen LogP contribution in [0.4, 0.5) is 5.13 Å². The van der Waals surface area contributed by atoms with Gasteiger partial charge in [0.1, 0.15) is 5.01 Å². The fraction of sp³-hybridized carbons (Fsp3) is 0.778. The summed E-state index contributed by atoms with van der Waals surface area (Å²) in [6.07, 6.45) is 2.35. The summed E-state index contributed by atoms with van der Waals surface area (Å²) in [5.74, 6) is 2.20. The topological polar surface area (TPSA) is 37.8 Å². The lowest BCUT2D eigenvalue weighted by atomic mass is 10.5. The van der Waals surface area contributed by atoms with Crippen LogP contribution in [0.3, 0.4) is 0 Å². The van der Waals surface area contributed by atoms with Crippen LogP contribution in [0.1, 0.15) is 31.7 Å². The summed E-state index contributed by atoms with van der Waals surface area (Å²) in [6, 6.07) is 0. The molecule has 0 saturated heterocycles. The molecule has 0 aliphatic rings. The van der Waals surface area contributed by atoms with Crippen LogP contribution in [0.15, 0.2) is 0 Å². The summed E-state index contributed by atoms with van der Waals surface area (Å²) in [5.41, 5.74) is 0. The van der Waals surface area contributed by atoms with Gasteiger partial charge in [-0.3, -0.25) is 0 Å². The third kappa shape index (κ3) is 4.28. The zero-order valence-electron chi connectivity index (χ0n) is 8.75. The molecule has 3 nitrogen and oxygen atoms in total. The van der Waals surface area contributed by atoms with Crippen LogP contribution in [-0.2, 0) is 5.75 Å². The van der Waals surface area contributed by atoms with Crippen molar-refractivity contribution in [2.24, 2.45) is 0 Å². The summed E-state index contributed by atoms with van der Waals surface area (Å²) < 4.78 is 0. The highest BCUT2D eigenvalue weighted by Crippen LogP contribution is 2.20. The van der Waals surface area contributed by atoms with Crippen LogP contribution in [0.25, 0.3) is 0 Å². The summed E-state index contributed by atoms with van der Waals surface area (Å²) in [5, 5.41) is 13.5. The normalized spacial score (nSPS) is 10.4. The Morgan fingerprint density at radius 3 is 2.86 bits per heavy atom. The van der Waals surface area contributed by atoms with Crippen molar-refractivity contribution in [1.29, 1.82) is 0 Å². The molecule has 0 fully saturated rings. The number of nitrogens with zero attached hydrogens (tertiary/aromatic N) is 2. The Balaban J connectivity index is 2.27. The minimum absolute atomic E-state index is 0.957. The molecule has 0 saturated carbocycles. The number of thioether (sulfide) groups is 1. The molecular weight excluding hydrogens is 214 g/mol. The van der Waals surface area contributed by atoms with E-state index in [-0.39, 0.29) is 0 Å². The molecule has 1 rings (SSSR count). The molecule has 0 aliphatic heterocycles. The fourth-order valence-electron chi connectivity index (χ4n) is 0.919. The van der Waals surface area contributed by atoms with Crippen molar-refractivity contribution in [3.8, 4) is 0 Å². The number of nitrogens with one attached hydrogen (secondary N) is 1. The van der Waals surface area contributed by atoms with Gasteiger partial charge in [-0.2, -0.15) is 11.8 Å². The third-order valence-electron chi connectivity index (χ3n) is 1.57. The van der Waals surface area contributed by atoms with E-state index in [9.17, 15) is 0 Å². The Morgan fingerprint density at radius 2 is 2.14 bits per heavy atom. The molecule has 1 N–H and O–H groups in total. The summed E-state index contributed by atoms with van der Waals surface area (Å²) >= 11 is 3.59. The zero-order valence-corrected chi connectivity index (χ0v) is 10.4. The lowest BCUT2D eigenvalue weighted by molar-refractivity contribution is 0.958. The Bertz CT molecular complexity index is 250. The highest BCUT2D eigenvalue weighted by atomic mass is 32.2. The van der Waals surface area contributed by atoms with Gasteiger partial charge in [0.2, 0.25) is 5.13 Å². The van der Waals surface area contributed by atoms with E-state index in [0.717, 1.165) is 28.9 Å². The number of hydrogen-bond donors (Lipinski definition) is 1. The van der Waals surface area contributed by atoms with E-state index in [0.29, 0.717) is 0 Å². The van der Waals surface area contributed by atoms with E-state index in [2.05, 4.69) is 29.4 Å². The quantitative estimate of drug-likeness (QED) is 0.732. The fourth-order valence-corrected chi connectivity index (χ4v) is 2.63. The van der Waals surface area contributed by atoms with Gasteiger partial charge in [0.25, 0.3) is 0 Å². The first-order valence-electron chi connectivity index (χ1n) is 5.00. The Labute approximate surface area is 93.7 Å². The smallest absolute Gasteiger partial charge is 0.205 e. The Kier molecular flexibility index (Phi) is 5.94. The molecule has 1 aromatic heterocycles. The molecular formula is C9H17N3S2. The van der Waals surface area contributed by atoms with Crippen LogP contribution < -0.4 is 5.32 Å². The zero-order chi connectivity index (χ0) is 10.2. The molecule has 0 spiro atoms. The number of hydrogen-bond acceptors (Lipinski definition) is 5. The van der Waals surface area contributed by atoms with E-state index >= 15 is 0 Å². The minimum Gasteiger partial charge on any atom is -0.360 e. The predicted octanol–water partition coefficient (Wildman–Crippen LogP) is 3.00. The van der Waals surface area contributed by atoms with Gasteiger partial charge in [0.05, 0.1) is 0 Å². The van der Waals surface area contributed by atoms with Gasteiger partial charge in [-0.05, 0) is 18.6 Å². The van der Waals surface area contributed by atoms with Crippen molar-refractivity contribution in [1.82, 2.24) is 10.2 Å². The minimum atomic E-state index is 0.957. The predicted molar refractivity (Wildman–Crippen MR) is 65.1 cm³/mol. The number of rotatable bonds is 7. The maximum Gasteiger partial charge on any atom is 0.205 e. The molecule has 0 aliphatic carbocycles. The van der Waals surface area contributed by atoms with E-state index in [1.165, 1.54) is 12.2 Å². The van der Waals surface area contributed by atoms with Gasteiger partial charge < -0.3 is 5.32 Å². The van der Waals surface area contributed by atoms with E-state index in [1.807, 2.05) is 11.8 Å². The molecule has 80 valence electrons. The van der Waals surface area contributed by atoms with Crippen molar-refractivity contribution < 1.29 is 0 Å². The summed E-state index contributed by atoms with van der Waals surface area (Å²) in [7, 11) is 0. The van der Waals surface area contributed by atoms with Crippen LogP contribution in [0.5, 0.6) is 0 Å². The van der Waals surface area contributed by atoms with Crippen LogP contribution in [0.2, 0.25) is 0 Å². The standard InChI is InChI=1S/C9H17N3S2/c1-3-5-10-9-12-11-8(14-9)7-13-6-4-2/h3-7H2,1-2H3,(H,10,12). The highest BCUT2D eigenvalue weighted by molar-refractivity contribution is 7.98. The largest absolute Gasteiger partial charge is 0.360 e. The molecule has 1 heterocycles. The average Bonchev–Trinajstić information content (AvgIpc) is 2.63. The van der Waals surface area contributed by atoms with Gasteiger partial charge in [-0.15, -0.1) is 10.2 Å². The van der Waals surface area contributed by atoms with Gasteiger partial charge in [-0.25, -0.2) is 0 Å². The van der Waals surface area contributed by atoms with Crippen LogP contribution in [-0.4, -0.2) is 22.5 Å². The van der Waals surface area contributed by atoms with Crippen molar-refractivity contribution >= 4 is 28.2 Å². The monoisotopic (exact) mass is 231 g/mol. The molecule has 0 unspecified atom stereocenters. The first-order valence-corrected chi connectivity index (χ1v) is 6.98. The molecule has 0 amide bonds. The highest BCUT2D eigenvalue weighted by Gasteiger charge is 2.02. The molecule has 0 aromatic carbocycles. The molecule has 14 heavy (non-hydrogen) atoms. The van der Waals surface area contributed by atoms with Crippen molar-refractivity contribution in [3.05, 3.63) is 5.01 Å². The lowest BCUT2D eigenvalue weighted by Gasteiger charge is -1.95. The first kappa shape index (κ1) is 11.8. The van der Waals surface area contributed by atoms with E-state index in [1.54, 1.807) is 11.3 Å². The Morgan fingerprint density at radius 1 is 1.29 bits per heavy atom. The first-order chi connectivity index (χ1) is 6.86. The molecule has 0 atom stereocenters. The second kappa shape index (κ2) is 7.06. The number of aromatic nitrogens is 2. The third-order valence-corrected chi connectivity index (χ3v) is 3.81. The second-order valence-electron chi connectivity index (χ2n) is 2.98. The van der Waals surface area contributed by atoms with E-state index < -0.39 is 0 Å². The van der Waals surface area contributed by atoms with Crippen molar-refractivity contribution in [2.75, 3.05) is 17.6 Å². The molecule has 0 radical (unpaired) electrons. The van der Waals surface area contributed by atoms with Gasteiger partial charge in [-0.1, -0.05) is 25.2 Å². The van der Waals surface area contributed by atoms with Gasteiger partial charge in [0.15, 0.2) is 0 Å². The SMILES string of the molecule is CCCNc1nnc(CSCCC)s1. The maximum absolute atomic E-state index is 4.13. The van der Waals surface area contributed by atoms with Crippen molar-refractivity contribution in [2.45, 2.75) is 32.4 Å². The lowest BCUT2D eigenvalue weighted by Crippen LogP contribution is -1.98. The van der Waals surface area contributed by atoms with E-state index in [4.69, 9.17) is 0 Å². The van der Waals surface area contributed by atoms with Gasteiger partial charge in [0, 0.05) is 12.3 Å². The van der Waals surface area contributed by atoms with Crippen LogP contribution in [0, 0.1) is 0 Å². The number of anilines is 1.